The van der Waals surface area contributed by atoms with Crippen molar-refractivity contribution in [3.63, 3.8) is 0 Å². The molecule has 160 valence electrons. The number of nitrogens with one attached hydrogen (secondary N) is 1. The van der Waals surface area contributed by atoms with Gasteiger partial charge >= 0.3 is 5.97 Å². The number of nitrogens with zero attached hydrogens (tertiary/aromatic N) is 1. The van der Waals surface area contributed by atoms with E-state index in [2.05, 4.69) is 4.98 Å². The Morgan fingerprint density at radius 2 is 1.79 bits per heavy atom. The van der Waals surface area contributed by atoms with Gasteiger partial charge in [0, 0.05) is 18.3 Å². The third-order valence-corrected chi connectivity index (χ3v) is 6.47. The molecule has 0 spiro atoms. The van der Waals surface area contributed by atoms with Gasteiger partial charge in [0.15, 0.2) is 0 Å². The maximum Gasteiger partial charge on any atom is 0.309 e. The number of aryl methyl sites for hydroxylation is 2. The largest absolute Gasteiger partial charge is 0.462 e. The monoisotopic (exact) mass is 402 g/mol. The van der Waals surface area contributed by atoms with Crippen molar-refractivity contribution in [2.24, 2.45) is 11.8 Å². The van der Waals surface area contributed by atoms with Crippen molar-refractivity contribution in [1.82, 2.24) is 10.5 Å². The van der Waals surface area contributed by atoms with Crippen LogP contribution in [0, 0.1) is 11.8 Å². The molecule has 2 fully saturated rings. The molecule has 0 aromatic carbocycles. The lowest BCUT2D eigenvalue weighted by Crippen LogP contribution is -2.30. The van der Waals surface area contributed by atoms with Crippen molar-refractivity contribution >= 4 is 11.9 Å². The lowest BCUT2D eigenvalue weighted by Gasteiger charge is -2.29. The van der Waals surface area contributed by atoms with Gasteiger partial charge in [0.25, 0.3) is 0 Å². The van der Waals surface area contributed by atoms with Crippen LogP contribution in [0.25, 0.3) is 0 Å². The highest BCUT2D eigenvalue weighted by atomic mass is 16.5. The lowest BCUT2D eigenvalue weighted by molar-refractivity contribution is -0.156. The number of pyridine rings is 1. The molecule has 1 atom stereocenters. The number of hydroxylamine groups is 1. The number of ether oxygens (including phenoxy) is 1. The summed E-state index contributed by atoms with van der Waals surface area (Å²) in [6.07, 6.45) is 14.6. The third-order valence-electron chi connectivity index (χ3n) is 6.47. The molecule has 0 aliphatic heterocycles. The first-order valence-electron chi connectivity index (χ1n) is 11.2. The first-order valence-corrected chi connectivity index (χ1v) is 11.2. The maximum atomic E-state index is 13.0. The molecule has 2 N–H and O–H groups in total. The van der Waals surface area contributed by atoms with E-state index >= 15 is 0 Å². The Balaban J connectivity index is 1.55. The molecule has 0 saturated heterocycles. The van der Waals surface area contributed by atoms with E-state index in [1.54, 1.807) is 5.48 Å². The fraction of sp³-hybridized carbons (Fsp3) is 0.696. The highest BCUT2D eigenvalue weighted by Gasteiger charge is 2.32. The maximum absolute atomic E-state index is 13.0. The molecule has 2 aliphatic carbocycles. The van der Waals surface area contributed by atoms with Crippen molar-refractivity contribution in [3.8, 4) is 0 Å². The van der Waals surface area contributed by atoms with Crippen molar-refractivity contribution in [2.75, 3.05) is 0 Å². The van der Waals surface area contributed by atoms with Crippen LogP contribution in [0.3, 0.4) is 0 Å². The van der Waals surface area contributed by atoms with Crippen LogP contribution in [-0.4, -0.2) is 28.2 Å². The number of carbonyl (C=O) groups excluding carboxylic acids is 2. The van der Waals surface area contributed by atoms with Crippen LogP contribution >= 0.6 is 0 Å². The lowest BCUT2D eigenvalue weighted by atomic mass is 9.77. The second-order valence-corrected chi connectivity index (χ2v) is 8.58. The summed E-state index contributed by atoms with van der Waals surface area (Å²) < 4.78 is 5.89. The van der Waals surface area contributed by atoms with Crippen molar-refractivity contribution in [1.29, 1.82) is 0 Å². The smallest absolute Gasteiger partial charge is 0.309 e. The van der Waals surface area contributed by atoms with E-state index in [-0.39, 0.29) is 24.4 Å². The number of carbonyl (C=O) groups is 2. The number of aromatic nitrogens is 1. The molecule has 0 radical (unpaired) electrons. The highest BCUT2D eigenvalue weighted by Crippen LogP contribution is 2.34. The van der Waals surface area contributed by atoms with Gasteiger partial charge in [-0.1, -0.05) is 25.3 Å². The van der Waals surface area contributed by atoms with Crippen LogP contribution in [0.1, 0.15) is 81.9 Å². The van der Waals surface area contributed by atoms with Gasteiger partial charge in [-0.2, -0.15) is 0 Å². The summed E-state index contributed by atoms with van der Waals surface area (Å²) in [7, 11) is 0. The molecular formula is C23H34N2O4. The van der Waals surface area contributed by atoms with E-state index in [9.17, 15) is 9.59 Å². The average molecular weight is 403 g/mol. The molecule has 2 aliphatic rings. The van der Waals surface area contributed by atoms with E-state index in [0.29, 0.717) is 12.3 Å². The van der Waals surface area contributed by atoms with Crippen LogP contribution in [0.2, 0.25) is 0 Å². The van der Waals surface area contributed by atoms with Gasteiger partial charge in [-0.15, -0.1) is 0 Å². The minimum absolute atomic E-state index is 0.0103. The second kappa shape index (κ2) is 11.3. The van der Waals surface area contributed by atoms with Gasteiger partial charge in [0.05, 0.1) is 5.92 Å². The fourth-order valence-electron chi connectivity index (χ4n) is 4.71. The van der Waals surface area contributed by atoms with Crippen LogP contribution in [0.15, 0.2) is 18.3 Å². The van der Waals surface area contributed by atoms with Gasteiger partial charge < -0.3 is 4.74 Å². The van der Waals surface area contributed by atoms with Crippen molar-refractivity contribution in [3.05, 3.63) is 29.6 Å². The Morgan fingerprint density at radius 3 is 2.45 bits per heavy atom. The summed E-state index contributed by atoms with van der Waals surface area (Å²) in [5, 5.41) is 8.56. The zero-order chi connectivity index (χ0) is 20.5. The fourth-order valence-corrected chi connectivity index (χ4v) is 4.71. The molecule has 1 heterocycles. The molecule has 1 amide bonds. The Hall–Kier alpha value is -1.95. The summed E-state index contributed by atoms with van der Waals surface area (Å²) in [6, 6.07) is 3.95. The van der Waals surface area contributed by atoms with E-state index in [0.717, 1.165) is 49.8 Å². The van der Waals surface area contributed by atoms with Crippen molar-refractivity contribution in [2.45, 2.75) is 89.6 Å². The summed E-state index contributed by atoms with van der Waals surface area (Å²) >= 11 is 0. The molecule has 6 heteroatoms. The van der Waals surface area contributed by atoms with Gasteiger partial charge in [-0.3, -0.25) is 19.8 Å². The highest BCUT2D eigenvalue weighted by molar-refractivity contribution is 5.74. The zero-order valence-electron chi connectivity index (χ0n) is 17.3. The number of rotatable bonds is 9. The van der Waals surface area contributed by atoms with Gasteiger partial charge in [-0.25, -0.2) is 5.48 Å². The minimum Gasteiger partial charge on any atom is -0.462 e. The van der Waals surface area contributed by atoms with E-state index in [1.807, 2.05) is 18.3 Å². The Kier molecular flexibility index (Phi) is 8.47. The van der Waals surface area contributed by atoms with E-state index in [1.165, 1.54) is 32.1 Å². The minimum atomic E-state index is -0.410. The normalized spacial score (nSPS) is 19.1. The van der Waals surface area contributed by atoms with Crippen LogP contribution in [-0.2, 0) is 27.2 Å². The standard InChI is InChI=1S/C23H34N2O4/c26-22(25-28)15-13-19-12-10-17(16-24-19)11-14-21(18-6-2-1-3-7-18)23(27)29-20-8-4-5-9-20/h10,12,16,18,20-21,28H,1-9,11,13-15H2,(H,25,26)/t21-/m0/s1. The van der Waals surface area contributed by atoms with E-state index < -0.39 is 5.91 Å². The topological polar surface area (TPSA) is 88.5 Å². The van der Waals surface area contributed by atoms with E-state index in [4.69, 9.17) is 9.94 Å². The molecule has 6 nitrogen and oxygen atoms in total. The zero-order valence-corrected chi connectivity index (χ0v) is 17.3. The summed E-state index contributed by atoms with van der Waals surface area (Å²) in [5.41, 5.74) is 3.56. The third kappa shape index (κ3) is 6.81. The molecule has 1 aromatic rings. The summed E-state index contributed by atoms with van der Waals surface area (Å²) in [5.74, 6) is 0.0427. The molecule has 29 heavy (non-hydrogen) atoms. The predicted molar refractivity (Wildman–Crippen MR) is 109 cm³/mol. The molecule has 0 bridgehead atoms. The van der Waals surface area contributed by atoms with Gasteiger partial charge in [0.2, 0.25) is 5.91 Å². The number of esters is 1. The first kappa shape index (κ1) is 21.8. The van der Waals surface area contributed by atoms with Crippen molar-refractivity contribution < 1.29 is 19.5 Å². The Morgan fingerprint density at radius 1 is 1.07 bits per heavy atom. The number of amides is 1. The predicted octanol–water partition coefficient (Wildman–Crippen LogP) is 4.13. The number of hydrogen-bond acceptors (Lipinski definition) is 5. The second-order valence-electron chi connectivity index (χ2n) is 8.58. The molecule has 1 aromatic heterocycles. The van der Waals surface area contributed by atoms with Crippen LogP contribution < -0.4 is 5.48 Å². The quantitative estimate of drug-likeness (QED) is 0.368. The number of hydrogen-bond donors (Lipinski definition) is 2. The average Bonchev–Trinajstić information content (AvgIpc) is 3.26. The molecular weight excluding hydrogens is 368 g/mol. The Bertz CT molecular complexity index is 649. The summed E-state index contributed by atoms with van der Waals surface area (Å²) in [6.45, 7) is 0. The Labute approximate surface area is 173 Å². The SMILES string of the molecule is O=C(CCc1ccc(CC[C@H](C(=O)OC2CCCC2)C2CCCCC2)cn1)NO. The first-order chi connectivity index (χ1) is 14.2. The van der Waals surface area contributed by atoms with Crippen LogP contribution in [0.5, 0.6) is 0 Å². The molecule has 2 saturated carbocycles. The molecule has 3 rings (SSSR count). The molecule has 0 unspecified atom stereocenters. The van der Waals surface area contributed by atoms with Gasteiger partial charge in [0.1, 0.15) is 6.10 Å². The van der Waals surface area contributed by atoms with Crippen LogP contribution in [0.4, 0.5) is 0 Å². The summed E-state index contributed by atoms with van der Waals surface area (Å²) in [4.78, 5) is 28.5. The van der Waals surface area contributed by atoms with Gasteiger partial charge in [-0.05, 0) is 75.3 Å².